The van der Waals surface area contributed by atoms with E-state index in [1.807, 2.05) is 54.6 Å². The fourth-order valence-corrected chi connectivity index (χ4v) is 3.34. The highest BCUT2D eigenvalue weighted by Crippen LogP contribution is 2.23. The van der Waals surface area contributed by atoms with Crippen molar-refractivity contribution in [2.75, 3.05) is 6.54 Å². The molecule has 0 aliphatic heterocycles. The first-order valence-electron chi connectivity index (χ1n) is 10.1. The van der Waals surface area contributed by atoms with E-state index >= 15 is 0 Å². The van der Waals surface area contributed by atoms with Crippen LogP contribution in [0.1, 0.15) is 43.2 Å². The lowest BCUT2D eigenvalue weighted by molar-refractivity contribution is -0.129. The third-order valence-electron chi connectivity index (χ3n) is 4.95. The molecule has 0 radical (unpaired) electrons. The quantitative estimate of drug-likeness (QED) is 0.533. The predicted molar refractivity (Wildman–Crippen MR) is 113 cm³/mol. The molecule has 1 saturated carbocycles. The standard InChI is InChI=1S/C23H27N3O3/c27-22(16-24-23(28)19-11-5-2-6-12-19)26-25-15-20-13-7-8-14-21(20)29-17-18-9-3-1-4-10-18/h1,3-4,7-10,13-15,19H,2,5-6,11-12,16-17H2,(H,24,28)(H,26,27). The Balaban J connectivity index is 1.45. The Morgan fingerprint density at radius 2 is 1.72 bits per heavy atom. The van der Waals surface area contributed by atoms with E-state index in [-0.39, 0.29) is 24.3 Å². The van der Waals surface area contributed by atoms with Crippen LogP contribution in [0.2, 0.25) is 0 Å². The van der Waals surface area contributed by atoms with Crippen molar-refractivity contribution in [2.45, 2.75) is 38.7 Å². The van der Waals surface area contributed by atoms with Crippen LogP contribution in [0.4, 0.5) is 0 Å². The molecule has 29 heavy (non-hydrogen) atoms. The summed E-state index contributed by atoms with van der Waals surface area (Å²) in [7, 11) is 0. The van der Waals surface area contributed by atoms with E-state index in [4.69, 9.17) is 4.74 Å². The zero-order chi connectivity index (χ0) is 20.3. The van der Waals surface area contributed by atoms with E-state index in [0.717, 1.165) is 36.8 Å². The lowest BCUT2D eigenvalue weighted by atomic mass is 9.89. The Kier molecular flexibility index (Phi) is 7.81. The number of nitrogens with one attached hydrogen (secondary N) is 2. The van der Waals surface area contributed by atoms with Crippen LogP contribution in [-0.4, -0.2) is 24.6 Å². The number of carbonyl (C=O) groups is 2. The summed E-state index contributed by atoms with van der Waals surface area (Å²) in [5.74, 6) is 0.324. The number of para-hydroxylation sites is 1. The van der Waals surface area contributed by atoms with Gasteiger partial charge in [-0.3, -0.25) is 9.59 Å². The predicted octanol–water partition coefficient (Wildman–Crippen LogP) is 3.41. The van der Waals surface area contributed by atoms with Gasteiger partial charge >= 0.3 is 0 Å². The fourth-order valence-electron chi connectivity index (χ4n) is 3.34. The van der Waals surface area contributed by atoms with Crippen molar-refractivity contribution in [3.8, 4) is 5.75 Å². The zero-order valence-electron chi connectivity index (χ0n) is 16.5. The van der Waals surface area contributed by atoms with E-state index in [1.165, 1.54) is 6.42 Å². The Hall–Kier alpha value is -3.15. The molecular weight excluding hydrogens is 366 g/mol. The van der Waals surface area contributed by atoms with Crippen LogP contribution >= 0.6 is 0 Å². The molecule has 0 unspecified atom stereocenters. The SMILES string of the molecule is O=C(CNC(=O)C1CCCCC1)NN=Cc1ccccc1OCc1ccccc1. The molecule has 2 aromatic rings. The summed E-state index contributed by atoms with van der Waals surface area (Å²) >= 11 is 0. The Morgan fingerprint density at radius 3 is 2.52 bits per heavy atom. The van der Waals surface area contributed by atoms with E-state index in [1.54, 1.807) is 6.21 Å². The number of nitrogens with zero attached hydrogens (tertiary/aromatic N) is 1. The normalized spacial score (nSPS) is 14.5. The van der Waals surface area contributed by atoms with Gasteiger partial charge in [-0.1, -0.05) is 61.7 Å². The molecule has 0 bridgehead atoms. The van der Waals surface area contributed by atoms with Crippen molar-refractivity contribution < 1.29 is 14.3 Å². The molecule has 1 fully saturated rings. The lowest BCUT2D eigenvalue weighted by Gasteiger charge is -2.20. The zero-order valence-corrected chi connectivity index (χ0v) is 16.5. The van der Waals surface area contributed by atoms with Crippen molar-refractivity contribution in [2.24, 2.45) is 11.0 Å². The number of amides is 2. The molecule has 6 nitrogen and oxygen atoms in total. The van der Waals surface area contributed by atoms with Gasteiger partial charge in [-0.15, -0.1) is 0 Å². The van der Waals surface area contributed by atoms with Crippen LogP contribution < -0.4 is 15.5 Å². The van der Waals surface area contributed by atoms with Gasteiger partial charge in [-0.2, -0.15) is 5.10 Å². The van der Waals surface area contributed by atoms with Crippen LogP contribution in [0.25, 0.3) is 0 Å². The summed E-state index contributed by atoms with van der Waals surface area (Å²) in [5.41, 5.74) is 4.28. The number of hydrogen-bond acceptors (Lipinski definition) is 4. The largest absolute Gasteiger partial charge is 0.488 e. The summed E-state index contributed by atoms with van der Waals surface area (Å²) in [4.78, 5) is 24.0. The topological polar surface area (TPSA) is 79.8 Å². The van der Waals surface area contributed by atoms with Gasteiger partial charge in [-0.05, 0) is 30.5 Å². The van der Waals surface area contributed by atoms with Crippen LogP contribution in [0.3, 0.4) is 0 Å². The summed E-state index contributed by atoms with van der Waals surface area (Å²) in [6, 6.07) is 17.4. The fraction of sp³-hybridized carbons (Fsp3) is 0.348. The van der Waals surface area contributed by atoms with Crippen molar-refractivity contribution in [3.05, 3.63) is 65.7 Å². The minimum Gasteiger partial charge on any atom is -0.488 e. The van der Waals surface area contributed by atoms with Crippen LogP contribution in [0.5, 0.6) is 5.75 Å². The van der Waals surface area contributed by atoms with Crippen LogP contribution in [0, 0.1) is 5.92 Å². The maximum Gasteiger partial charge on any atom is 0.259 e. The Morgan fingerprint density at radius 1 is 1.00 bits per heavy atom. The maximum atomic E-state index is 12.1. The molecule has 1 aliphatic rings. The minimum absolute atomic E-state index is 0.0358. The third kappa shape index (κ3) is 6.75. The van der Waals surface area contributed by atoms with Gasteiger partial charge < -0.3 is 10.1 Å². The molecule has 1 aliphatic carbocycles. The van der Waals surface area contributed by atoms with Gasteiger partial charge in [0, 0.05) is 11.5 Å². The summed E-state index contributed by atoms with van der Waals surface area (Å²) < 4.78 is 5.87. The number of ether oxygens (including phenoxy) is 1. The second-order valence-corrected chi connectivity index (χ2v) is 7.16. The summed E-state index contributed by atoms with van der Waals surface area (Å²) in [5, 5.41) is 6.69. The van der Waals surface area contributed by atoms with Crippen LogP contribution in [0.15, 0.2) is 59.7 Å². The average Bonchev–Trinajstić information content (AvgIpc) is 2.78. The van der Waals surface area contributed by atoms with Gasteiger partial charge in [-0.25, -0.2) is 5.43 Å². The van der Waals surface area contributed by atoms with Gasteiger partial charge in [0.15, 0.2) is 0 Å². The molecular formula is C23H27N3O3. The smallest absolute Gasteiger partial charge is 0.259 e. The van der Waals surface area contributed by atoms with E-state index in [9.17, 15) is 9.59 Å². The minimum atomic E-state index is -0.354. The number of hydrogen-bond donors (Lipinski definition) is 2. The van der Waals surface area contributed by atoms with Gasteiger partial charge in [0.25, 0.3) is 5.91 Å². The molecule has 0 spiro atoms. The molecule has 0 aromatic heterocycles. The number of benzene rings is 2. The first-order chi connectivity index (χ1) is 14.2. The second kappa shape index (κ2) is 11.0. The maximum absolute atomic E-state index is 12.1. The molecule has 6 heteroatoms. The van der Waals surface area contributed by atoms with Gasteiger partial charge in [0.1, 0.15) is 12.4 Å². The number of hydrazone groups is 1. The highest BCUT2D eigenvalue weighted by atomic mass is 16.5. The molecule has 0 saturated heterocycles. The van der Waals surface area contributed by atoms with Gasteiger partial charge in [0.2, 0.25) is 5.91 Å². The molecule has 2 N–H and O–H groups in total. The summed E-state index contributed by atoms with van der Waals surface area (Å²) in [6.45, 7) is 0.379. The van der Waals surface area contributed by atoms with Crippen molar-refractivity contribution in [1.29, 1.82) is 0 Å². The molecule has 2 aromatic carbocycles. The first kappa shape index (κ1) is 20.6. The van der Waals surface area contributed by atoms with Crippen molar-refractivity contribution in [1.82, 2.24) is 10.7 Å². The van der Waals surface area contributed by atoms with Crippen molar-refractivity contribution >= 4 is 18.0 Å². The van der Waals surface area contributed by atoms with E-state index < -0.39 is 0 Å². The average molecular weight is 393 g/mol. The van der Waals surface area contributed by atoms with Crippen LogP contribution in [-0.2, 0) is 16.2 Å². The monoisotopic (exact) mass is 393 g/mol. The second-order valence-electron chi connectivity index (χ2n) is 7.16. The Bertz CT molecular complexity index is 830. The highest BCUT2D eigenvalue weighted by molar-refractivity contribution is 5.88. The Labute approximate surface area is 171 Å². The van der Waals surface area contributed by atoms with E-state index in [2.05, 4.69) is 15.8 Å². The first-order valence-corrected chi connectivity index (χ1v) is 10.1. The lowest BCUT2D eigenvalue weighted by Crippen LogP contribution is -2.38. The highest BCUT2D eigenvalue weighted by Gasteiger charge is 2.21. The van der Waals surface area contributed by atoms with Crippen molar-refractivity contribution in [3.63, 3.8) is 0 Å². The molecule has 0 atom stereocenters. The molecule has 152 valence electrons. The number of rotatable bonds is 8. The van der Waals surface area contributed by atoms with Gasteiger partial charge in [0.05, 0.1) is 12.8 Å². The number of carbonyl (C=O) groups excluding carboxylic acids is 2. The molecule has 0 heterocycles. The van der Waals surface area contributed by atoms with E-state index in [0.29, 0.717) is 12.4 Å². The third-order valence-corrected chi connectivity index (χ3v) is 4.95. The molecule has 2 amide bonds. The summed E-state index contributed by atoms with van der Waals surface area (Å²) in [6.07, 6.45) is 6.72. The molecule has 3 rings (SSSR count).